The summed E-state index contributed by atoms with van der Waals surface area (Å²) < 4.78 is 56.2. The van der Waals surface area contributed by atoms with Crippen LogP contribution in [0, 0.1) is 12.7 Å². The summed E-state index contributed by atoms with van der Waals surface area (Å²) in [5.41, 5.74) is -1.01. The fraction of sp³-hybridized carbons (Fsp3) is 0.167. The monoisotopic (exact) mass is 419 g/mol. The summed E-state index contributed by atoms with van der Waals surface area (Å²) in [7, 11) is 1.70. The molecule has 0 unspecified atom stereocenters. The first kappa shape index (κ1) is 19.5. The number of pyridine rings is 1. The normalized spacial score (nSPS) is 11.8. The number of hydrogen-bond donors (Lipinski definition) is 1. The second kappa shape index (κ2) is 6.90. The van der Waals surface area contributed by atoms with Gasteiger partial charge in [0.05, 0.1) is 23.3 Å². The number of nitrogens with one attached hydrogen (secondary N) is 1. The molecule has 0 bridgehead atoms. The number of alkyl halides is 3. The molecule has 1 N–H and O–H groups in total. The summed E-state index contributed by atoms with van der Waals surface area (Å²) in [6, 6.07) is 5.72. The molecule has 1 aromatic carbocycles. The molecule has 0 aliphatic rings. The van der Waals surface area contributed by atoms with Crippen molar-refractivity contribution in [2.75, 3.05) is 5.32 Å². The number of nitrogens with zero attached hydrogens (tertiary/aromatic N) is 6. The molecule has 8 nitrogen and oxygen atoms in total. The Morgan fingerprint density at radius 2 is 1.87 bits per heavy atom. The van der Waals surface area contributed by atoms with Crippen LogP contribution in [0.3, 0.4) is 0 Å². The average Bonchev–Trinajstić information content (AvgIpc) is 3.24. The van der Waals surface area contributed by atoms with Gasteiger partial charge in [-0.05, 0) is 37.3 Å². The highest BCUT2D eigenvalue weighted by molar-refractivity contribution is 6.04. The fourth-order valence-electron chi connectivity index (χ4n) is 3.02. The first-order valence-corrected chi connectivity index (χ1v) is 8.54. The van der Waals surface area contributed by atoms with Crippen LogP contribution in [0.4, 0.5) is 23.2 Å². The van der Waals surface area contributed by atoms with E-state index in [1.165, 1.54) is 6.20 Å². The first-order valence-electron chi connectivity index (χ1n) is 8.54. The van der Waals surface area contributed by atoms with Gasteiger partial charge in [0.15, 0.2) is 17.0 Å². The van der Waals surface area contributed by atoms with Gasteiger partial charge in [0.1, 0.15) is 5.82 Å². The molecule has 12 heteroatoms. The van der Waals surface area contributed by atoms with Crippen LogP contribution in [0.2, 0.25) is 0 Å². The molecule has 0 spiro atoms. The predicted molar refractivity (Wildman–Crippen MR) is 97.5 cm³/mol. The van der Waals surface area contributed by atoms with Crippen molar-refractivity contribution < 1.29 is 22.4 Å². The van der Waals surface area contributed by atoms with Crippen LogP contribution >= 0.6 is 0 Å². The predicted octanol–water partition coefficient (Wildman–Crippen LogP) is 3.27. The molecule has 0 atom stereocenters. The summed E-state index contributed by atoms with van der Waals surface area (Å²) in [6.45, 7) is 1.74. The smallest absolute Gasteiger partial charge is 0.319 e. The maximum Gasteiger partial charge on any atom is 0.435 e. The Hall–Kier alpha value is -3.83. The standard InChI is InChI=1S/C18H13F4N7O/c1-9-13-7-11(8-23-16(13)28(2)26-9)24-17(30)14-15(18(20,21)22)29(27-25-14)12-5-3-10(19)4-6-12/h3-8H,1-2H3,(H,24,30). The Balaban J connectivity index is 1.72. The van der Waals surface area contributed by atoms with E-state index >= 15 is 0 Å². The Morgan fingerprint density at radius 3 is 2.53 bits per heavy atom. The Kier molecular flexibility index (Phi) is 4.48. The van der Waals surface area contributed by atoms with E-state index in [9.17, 15) is 22.4 Å². The van der Waals surface area contributed by atoms with Gasteiger partial charge in [-0.3, -0.25) is 9.48 Å². The molecule has 0 aliphatic carbocycles. The Labute approximate surface area is 166 Å². The van der Waals surface area contributed by atoms with Gasteiger partial charge in [0.2, 0.25) is 0 Å². The van der Waals surface area contributed by atoms with Gasteiger partial charge in [-0.2, -0.15) is 18.3 Å². The minimum Gasteiger partial charge on any atom is -0.319 e. The maximum atomic E-state index is 13.7. The number of rotatable bonds is 3. The van der Waals surface area contributed by atoms with Gasteiger partial charge in [-0.25, -0.2) is 14.1 Å². The average molecular weight is 419 g/mol. The largest absolute Gasteiger partial charge is 0.435 e. The zero-order valence-corrected chi connectivity index (χ0v) is 15.6. The van der Waals surface area contributed by atoms with Gasteiger partial charge in [-0.15, -0.1) is 5.10 Å². The minimum atomic E-state index is -4.94. The van der Waals surface area contributed by atoms with Gasteiger partial charge >= 0.3 is 6.18 Å². The molecule has 4 rings (SSSR count). The number of carbonyl (C=O) groups excluding carboxylic acids is 1. The van der Waals surface area contributed by atoms with Crippen molar-refractivity contribution in [2.24, 2.45) is 7.05 Å². The highest BCUT2D eigenvalue weighted by Gasteiger charge is 2.42. The van der Waals surface area contributed by atoms with Crippen LogP contribution in [0.15, 0.2) is 36.5 Å². The third-order valence-corrected chi connectivity index (χ3v) is 4.35. The highest BCUT2D eigenvalue weighted by atomic mass is 19.4. The van der Waals surface area contributed by atoms with Crippen LogP contribution in [0.1, 0.15) is 21.9 Å². The van der Waals surface area contributed by atoms with E-state index in [0.29, 0.717) is 21.4 Å². The number of hydrogen-bond acceptors (Lipinski definition) is 5. The van der Waals surface area contributed by atoms with Crippen molar-refractivity contribution in [3.63, 3.8) is 0 Å². The molecule has 30 heavy (non-hydrogen) atoms. The zero-order chi connectivity index (χ0) is 21.6. The maximum absolute atomic E-state index is 13.7. The van der Waals surface area contributed by atoms with E-state index in [1.807, 2.05) is 0 Å². The number of amides is 1. The van der Waals surface area contributed by atoms with Crippen LogP contribution in [-0.4, -0.2) is 35.7 Å². The lowest BCUT2D eigenvalue weighted by molar-refractivity contribution is -0.143. The number of fused-ring (bicyclic) bond motifs is 1. The van der Waals surface area contributed by atoms with Crippen LogP contribution < -0.4 is 5.32 Å². The van der Waals surface area contributed by atoms with Crippen LogP contribution in [0.25, 0.3) is 16.7 Å². The molecule has 3 aromatic heterocycles. The molecule has 1 amide bonds. The number of aryl methyl sites for hydroxylation is 2. The number of halogens is 4. The van der Waals surface area contributed by atoms with Gasteiger partial charge < -0.3 is 5.32 Å². The lowest BCUT2D eigenvalue weighted by Gasteiger charge is -2.11. The van der Waals surface area contributed by atoms with Crippen molar-refractivity contribution in [2.45, 2.75) is 13.1 Å². The molecule has 4 aromatic rings. The van der Waals surface area contributed by atoms with Gasteiger partial charge in [0.25, 0.3) is 5.91 Å². The molecule has 3 heterocycles. The SMILES string of the molecule is Cc1nn(C)c2ncc(NC(=O)c3nnn(-c4ccc(F)cc4)c3C(F)(F)F)cc12. The fourth-order valence-corrected chi connectivity index (χ4v) is 3.02. The van der Waals surface area contributed by atoms with E-state index in [-0.39, 0.29) is 11.4 Å². The first-order chi connectivity index (χ1) is 14.1. The van der Waals surface area contributed by atoms with Gasteiger partial charge in [0, 0.05) is 12.4 Å². The summed E-state index contributed by atoms with van der Waals surface area (Å²) in [5.74, 6) is -1.74. The lowest BCUT2D eigenvalue weighted by atomic mass is 10.2. The molecule has 0 saturated heterocycles. The Bertz CT molecular complexity index is 1260. The summed E-state index contributed by atoms with van der Waals surface area (Å²) in [5, 5.41) is 14.1. The number of carbonyl (C=O) groups is 1. The van der Waals surface area contributed by atoms with Crippen molar-refractivity contribution in [1.82, 2.24) is 29.8 Å². The van der Waals surface area contributed by atoms with Crippen molar-refractivity contribution in [1.29, 1.82) is 0 Å². The topological polar surface area (TPSA) is 90.5 Å². The van der Waals surface area contributed by atoms with E-state index in [2.05, 4.69) is 25.7 Å². The zero-order valence-electron chi connectivity index (χ0n) is 15.6. The quantitative estimate of drug-likeness (QED) is 0.515. The van der Waals surface area contributed by atoms with Crippen LogP contribution in [-0.2, 0) is 13.2 Å². The van der Waals surface area contributed by atoms with Crippen LogP contribution in [0.5, 0.6) is 0 Å². The molecule has 0 radical (unpaired) electrons. The summed E-state index contributed by atoms with van der Waals surface area (Å²) in [4.78, 5) is 16.7. The van der Waals surface area contributed by atoms with Crippen molar-refractivity contribution in [3.05, 3.63) is 59.4 Å². The minimum absolute atomic E-state index is 0.0932. The van der Waals surface area contributed by atoms with E-state index < -0.39 is 29.3 Å². The van der Waals surface area contributed by atoms with Crippen molar-refractivity contribution in [3.8, 4) is 5.69 Å². The molecule has 154 valence electrons. The summed E-state index contributed by atoms with van der Waals surface area (Å²) >= 11 is 0. The molecule has 0 fully saturated rings. The third-order valence-electron chi connectivity index (χ3n) is 4.35. The number of benzene rings is 1. The highest BCUT2D eigenvalue weighted by Crippen LogP contribution is 2.33. The second-order valence-electron chi connectivity index (χ2n) is 6.43. The molecule has 0 aliphatic heterocycles. The van der Waals surface area contributed by atoms with E-state index in [1.54, 1.807) is 24.7 Å². The Morgan fingerprint density at radius 1 is 1.17 bits per heavy atom. The van der Waals surface area contributed by atoms with Crippen molar-refractivity contribution >= 4 is 22.6 Å². The van der Waals surface area contributed by atoms with E-state index in [0.717, 1.165) is 24.3 Å². The van der Waals surface area contributed by atoms with Gasteiger partial charge in [-0.1, -0.05) is 5.21 Å². The lowest BCUT2D eigenvalue weighted by Crippen LogP contribution is -2.21. The summed E-state index contributed by atoms with van der Waals surface area (Å²) in [6.07, 6.45) is -3.63. The van der Waals surface area contributed by atoms with E-state index in [4.69, 9.17) is 0 Å². The second-order valence-corrected chi connectivity index (χ2v) is 6.43. The number of aromatic nitrogens is 6. The third kappa shape index (κ3) is 3.36. The number of anilines is 1. The molecular weight excluding hydrogens is 406 g/mol. The molecular formula is C18H13F4N7O. The molecule has 0 saturated carbocycles.